The first-order chi connectivity index (χ1) is 9.06. The standard InChI is InChI=1S/C16H14ClFO/c1-11-4-2-3-5-12(11)8-15(19)9-13-6-7-14(18)10-16(13)17/h2-7,10H,8-9H2,1H3. The van der Waals surface area contributed by atoms with Crippen LogP contribution in [0.3, 0.4) is 0 Å². The van der Waals surface area contributed by atoms with Gasteiger partial charge in [0, 0.05) is 17.9 Å². The summed E-state index contributed by atoms with van der Waals surface area (Å²) in [4.78, 5) is 12.0. The maximum Gasteiger partial charge on any atom is 0.141 e. The van der Waals surface area contributed by atoms with Crippen LogP contribution in [0, 0.1) is 12.7 Å². The normalized spacial score (nSPS) is 10.5. The molecule has 0 saturated carbocycles. The van der Waals surface area contributed by atoms with E-state index in [1.807, 2.05) is 31.2 Å². The number of carbonyl (C=O) groups excluding carboxylic acids is 1. The molecule has 0 heterocycles. The highest BCUT2D eigenvalue weighted by atomic mass is 35.5. The molecule has 0 radical (unpaired) electrons. The first-order valence-corrected chi connectivity index (χ1v) is 6.44. The van der Waals surface area contributed by atoms with Crippen molar-refractivity contribution in [1.29, 1.82) is 0 Å². The number of hydrogen-bond acceptors (Lipinski definition) is 1. The van der Waals surface area contributed by atoms with Crippen molar-refractivity contribution >= 4 is 17.4 Å². The molecule has 0 aromatic heterocycles. The summed E-state index contributed by atoms with van der Waals surface area (Å²) in [5.41, 5.74) is 2.79. The molecule has 0 unspecified atom stereocenters. The van der Waals surface area contributed by atoms with Crippen LogP contribution in [0.4, 0.5) is 4.39 Å². The second kappa shape index (κ2) is 5.98. The quantitative estimate of drug-likeness (QED) is 0.820. The van der Waals surface area contributed by atoms with Crippen LogP contribution < -0.4 is 0 Å². The van der Waals surface area contributed by atoms with E-state index >= 15 is 0 Å². The largest absolute Gasteiger partial charge is 0.299 e. The number of halogens is 2. The molecule has 2 aromatic carbocycles. The zero-order valence-corrected chi connectivity index (χ0v) is 11.4. The van der Waals surface area contributed by atoms with Crippen LogP contribution in [0.1, 0.15) is 16.7 Å². The van der Waals surface area contributed by atoms with Crippen LogP contribution in [0.2, 0.25) is 5.02 Å². The number of hydrogen-bond donors (Lipinski definition) is 0. The Hall–Kier alpha value is -1.67. The highest BCUT2D eigenvalue weighted by Crippen LogP contribution is 2.19. The molecule has 0 N–H and O–H groups in total. The summed E-state index contributed by atoms with van der Waals surface area (Å²) < 4.78 is 12.9. The van der Waals surface area contributed by atoms with Crippen molar-refractivity contribution in [2.45, 2.75) is 19.8 Å². The molecule has 0 aliphatic carbocycles. The number of rotatable bonds is 4. The van der Waals surface area contributed by atoms with E-state index in [4.69, 9.17) is 11.6 Å². The van der Waals surface area contributed by atoms with E-state index in [-0.39, 0.29) is 18.0 Å². The molecule has 1 nitrogen and oxygen atoms in total. The van der Waals surface area contributed by atoms with Gasteiger partial charge < -0.3 is 0 Å². The summed E-state index contributed by atoms with van der Waals surface area (Å²) >= 11 is 5.92. The van der Waals surface area contributed by atoms with Crippen LogP contribution in [0.5, 0.6) is 0 Å². The number of benzene rings is 2. The molecular weight excluding hydrogens is 263 g/mol. The van der Waals surface area contributed by atoms with Crippen molar-refractivity contribution in [2.75, 3.05) is 0 Å². The van der Waals surface area contributed by atoms with Gasteiger partial charge in [-0.3, -0.25) is 4.79 Å². The van der Waals surface area contributed by atoms with Gasteiger partial charge >= 0.3 is 0 Å². The number of carbonyl (C=O) groups is 1. The van der Waals surface area contributed by atoms with Gasteiger partial charge in [-0.1, -0.05) is 41.9 Å². The third kappa shape index (κ3) is 3.65. The Morgan fingerprint density at radius 1 is 1.11 bits per heavy atom. The van der Waals surface area contributed by atoms with E-state index in [1.165, 1.54) is 12.1 Å². The van der Waals surface area contributed by atoms with Gasteiger partial charge in [-0.05, 0) is 35.7 Å². The zero-order chi connectivity index (χ0) is 13.8. The predicted molar refractivity (Wildman–Crippen MR) is 75.0 cm³/mol. The molecule has 3 heteroatoms. The van der Waals surface area contributed by atoms with Crippen LogP contribution in [0.25, 0.3) is 0 Å². The summed E-state index contributed by atoms with van der Waals surface area (Å²) in [6.07, 6.45) is 0.605. The third-order valence-electron chi connectivity index (χ3n) is 3.05. The lowest BCUT2D eigenvalue weighted by atomic mass is 9.99. The van der Waals surface area contributed by atoms with Gasteiger partial charge in [0.15, 0.2) is 0 Å². The summed E-state index contributed by atoms with van der Waals surface area (Å²) in [7, 11) is 0. The Labute approximate surface area is 117 Å². The Kier molecular flexibility index (Phi) is 4.33. The van der Waals surface area contributed by atoms with E-state index < -0.39 is 0 Å². The van der Waals surface area contributed by atoms with Crippen LogP contribution in [-0.2, 0) is 17.6 Å². The maximum atomic E-state index is 12.9. The van der Waals surface area contributed by atoms with Gasteiger partial charge in [0.2, 0.25) is 0 Å². The molecule has 98 valence electrons. The first kappa shape index (κ1) is 13.8. The van der Waals surface area contributed by atoms with Crippen molar-refractivity contribution in [3.8, 4) is 0 Å². The number of Topliss-reactive ketones (excluding diaryl/α,β-unsaturated/α-hetero) is 1. The van der Waals surface area contributed by atoms with Crippen molar-refractivity contribution < 1.29 is 9.18 Å². The monoisotopic (exact) mass is 276 g/mol. The lowest BCUT2D eigenvalue weighted by Gasteiger charge is -2.06. The molecule has 2 aromatic rings. The van der Waals surface area contributed by atoms with Gasteiger partial charge in [0.1, 0.15) is 11.6 Å². The molecule has 0 spiro atoms. The molecule has 19 heavy (non-hydrogen) atoms. The molecule has 0 amide bonds. The fourth-order valence-corrected chi connectivity index (χ4v) is 2.19. The van der Waals surface area contributed by atoms with Crippen molar-refractivity contribution in [1.82, 2.24) is 0 Å². The van der Waals surface area contributed by atoms with Gasteiger partial charge in [-0.25, -0.2) is 4.39 Å². The smallest absolute Gasteiger partial charge is 0.141 e. The second-order valence-corrected chi connectivity index (χ2v) is 4.96. The summed E-state index contributed by atoms with van der Waals surface area (Å²) in [5, 5.41) is 0.304. The lowest BCUT2D eigenvalue weighted by Crippen LogP contribution is -2.08. The topological polar surface area (TPSA) is 17.1 Å². The van der Waals surface area contributed by atoms with Gasteiger partial charge in [0.05, 0.1) is 0 Å². The Bertz CT molecular complexity index is 607. The maximum absolute atomic E-state index is 12.9. The van der Waals surface area contributed by atoms with E-state index in [9.17, 15) is 9.18 Å². The molecule has 0 bridgehead atoms. The first-order valence-electron chi connectivity index (χ1n) is 6.06. The Balaban J connectivity index is 2.08. The second-order valence-electron chi connectivity index (χ2n) is 4.55. The molecule has 0 atom stereocenters. The highest BCUT2D eigenvalue weighted by molar-refractivity contribution is 6.31. The summed E-state index contributed by atoms with van der Waals surface area (Å²) in [6.45, 7) is 1.98. The van der Waals surface area contributed by atoms with E-state index in [0.717, 1.165) is 11.1 Å². The summed E-state index contributed by atoms with van der Waals surface area (Å²) in [5.74, 6) is -0.317. The Morgan fingerprint density at radius 3 is 2.47 bits per heavy atom. The molecule has 0 aliphatic rings. The SMILES string of the molecule is Cc1ccccc1CC(=O)Cc1ccc(F)cc1Cl. The number of aryl methyl sites for hydroxylation is 1. The predicted octanol–water partition coefficient (Wildman–Crippen LogP) is 4.14. The van der Waals surface area contributed by atoms with Gasteiger partial charge in [0.25, 0.3) is 0 Å². The lowest BCUT2D eigenvalue weighted by molar-refractivity contribution is -0.117. The van der Waals surface area contributed by atoms with Gasteiger partial charge in [-0.15, -0.1) is 0 Å². The van der Waals surface area contributed by atoms with Gasteiger partial charge in [-0.2, -0.15) is 0 Å². The minimum Gasteiger partial charge on any atom is -0.299 e. The van der Waals surface area contributed by atoms with Crippen molar-refractivity contribution in [3.63, 3.8) is 0 Å². The molecule has 0 saturated heterocycles. The third-order valence-corrected chi connectivity index (χ3v) is 3.40. The highest BCUT2D eigenvalue weighted by Gasteiger charge is 2.10. The van der Waals surface area contributed by atoms with Crippen LogP contribution in [0.15, 0.2) is 42.5 Å². The van der Waals surface area contributed by atoms with Crippen molar-refractivity contribution in [2.24, 2.45) is 0 Å². The number of ketones is 1. The van der Waals surface area contributed by atoms with Crippen molar-refractivity contribution in [3.05, 3.63) is 70.0 Å². The molecule has 0 aliphatic heterocycles. The Morgan fingerprint density at radius 2 is 1.79 bits per heavy atom. The van der Waals surface area contributed by atoms with E-state index in [0.29, 0.717) is 17.0 Å². The van der Waals surface area contributed by atoms with Crippen LogP contribution in [-0.4, -0.2) is 5.78 Å². The minimum atomic E-state index is -0.389. The fourth-order valence-electron chi connectivity index (χ4n) is 1.96. The average molecular weight is 277 g/mol. The minimum absolute atomic E-state index is 0.0720. The average Bonchev–Trinajstić information content (AvgIpc) is 2.36. The van der Waals surface area contributed by atoms with E-state index in [1.54, 1.807) is 6.07 Å². The van der Waals surface area contributed by atoms with E-state index in [2.05, 4.69) is 0 Å². The molecule has 0 fully saturated rings. The zero-order valence-electron chi connectivity index (χ0n) is 10.6. The summed E-state index contributed by atoms with van der Waals surface area (Å²) in [6, 6.07) is 11.9. The molecular formula is C16H14ClFO. The van der Waals surface area contributed by atoms with Crippen LogP contribution >= 0.6 is 11.6 Å². The molecule has 2 rings (SSSR count). The fraction of sp³-hybridized carbons (Fsp3) is 0.188.